The summed E-state index contributed by atoms with van der Waals surface area (Å²) in [5.41, 5.74) is 6.42. The van der Waals surface area contributed by atoms with Crippen LogP contribution in [0.15, 0.2) is 91.1 Å². The summed E-state index contributed by atoms with van der Waals surface area (Å²) in [6.07, 6.45) is 4.10. The highest BCUT2D eigenvalue weighted by molar-refractivity contribution is 6.12. The van der Waals surface area contributed by atoms with E-state index in [4.69, 9.17) is 15.5 Å². The maximum absolute atomic E-state index is 15.2. The molecule has 0 aliphatic carbocycles. The first kappa shape index (κ1) is 60.9. The number of benzene rings is 3. The molecule has 4 aromatic rings. The predicted octanol–water partition coefficient (Wildman–Crippen LogP) is 5.99. The van der Waals surface area contributed by atoms with E-state index in [-0.39, 0.29) is 99.9 Å². The molecule has 0 saturated heterocycles. The summed E-state index contributed by atoms with van der Waals surface area (Å²) in [7, 11) is 0. The molecular weight excluding hydrogens is 1010 g/mol. The van der Waals surface area contributed by atoms with Crippen molar-refractivity contribution in [3.63, 3.8) is 0 Å². The van der Waals surface area contributed by atoms with E-state index in [1.54, 1.807) is 48.9 Å². The van der Waals surface area contributed by atoms with Gasteiger partial charge < -0.3 is 51.6 Å². The van der Waals surface area contributed by atoms with Crippen molar-refractivity contribution in [2.45, 2.75) is 124 Å². The van der Waals surface area contributed by atoms with Crippen molar-refractivity contribution in [2.75, 3.05) is 31.5 Å². The lowest BCUT2D eigenvalue weighted by Crippen LogP contribution is -2.54. The van der Waals surface area contributed by atoms with Crippen LogP contribution in [0.4, 0.5) is 24.1 Å². The van der Waals surface area contributed by atoms with Gasteiger partial charge in [0.15, 0.2) is 0 Å². The summed E-state index contributed by atoms with van der Waals surface area (Å²) in [5, 5.41) is 24.1. The number of hydrogen-bond acceptors (Lipinski definition) is 11. The fourth-order valence-electron chi connectivity index (χ4n) is 8.75. The Morgan fingerprint density at radius 1 is 0.808 bits per heavy atom. The maximum atomic E-state index is 15.2. The normalized spacial score (nSPS) is 13.8. The number of unbranched alkanes of at least 4 members (excludes halogenated alkanes) is 2. The first-order valence-corrected chi connectivity index (χ1v) is 26.0. The van der Waals surface area contributed by atoms with Crippen LogP contribution in [0.2, 0.25) is 0 Å². The zero-order valence-corrected chi connectivity index (χ0v) is 45.0. The third kappa shape index (κ3) is 18.3. The van der Waals surface area contributed by atoms with Crippen LogP contribution in [0.1, 0.15) is 109 Å². The molecule has 1 aliphatic rings. The van der Waals surface area contributed by atoms with E-state index in [0.29, 0.717) is 36.3 Å². The van der Waals surface area contributed by atoms with Crippen LogP contribution < -0.4 is 32.3 Å². The van der Waals surface area contributed by atoms with Crippen molar-refractivity contribution in [1.82, 2.24) is 40.6 Å². The number of hydrogen-bond donors (Lipinski definition) is 7. The van der Waals surface area contributed by atoms with Gasteiger partial charge in [0.05, 0.1) is 11.7 Å². The molecule has 9 amide bonds. The second-order valence-corrected chi connectivity index (χ2v) is 20.5. The summed E-state index contributed by atoms with van der Waals surface area (Å²) >= 11 is 0. The summed E-state index contributed by atoms with van der Waals surface area (Å²) in [5.74, 6) is -4.20. The molecule has 4 unspecified atom stereocenters. The first-order chi connectivity index (χ1) is 37.0. The number of nitrogens with zero attached hydrogens (tertiary/aromatic N) is 4. The molecule has 0 spiro atoms. The van der Waals surface area contributed by atoms with Gasteiger partial charge in [0.25, 0.3) is 17.7 Å². The number of alkyl carbamates (subject to hydrolysis) is 1. The van der Waals surface area contributed by atoms with Crippen molar-refractivity contribution in [2.24, 2.45) is 17.1 Å². The maximum Gasteiger partial charge on any atom is 0.407 e. The topological polar surface area (TPSA) is 276 Å². The number of imide groups is 1. The van der Waals surface area contributed by atoms with Crippen molar-refractivity contribution < 1.29 is 57.0 Å². The number of carbonyl (C=O) groups is 8. The lowest BCUT2D eigenvalue weighted by atomic mass is 9.84. The number of ether oxygens (including phenoxy) is 1. The monoisotopic (exact) mass is 1080 g/mol. The number of carbonyl (C=O) groups excluding carboxylic acids is 8. The van der Waals surface area contributed by atoms with Gasteiger partial charge >= 0.3 is 12.1 Å². The number of anilines is 1. The molecule has 22 heteroatoms. The van der Waals surface area contributed by atoms with E-state index in [0.717, 1.165) is 28.7 Å². The molecule has 4 atom stereocenters. The molecule has 2 heterocycles. The van der Waals surface area contributed by atoms with Gasteiger partial charge in [0.2, 0.25) is 17.7 Å². The van der Waals surface area contributed by atoms with Gasteiger partial charge in [-0.1, -0.05) is 83.5 Å². The van der Waals surface area contributed by atoms with Gasteiger partial charge in [0, 0.05) is 68.7 Å². The number of nitrogens with one attached hydrogen (secondary N) is 5. The van der Waals surface area contributed by atoms with Crippen LogP contribution >= 0.6 is 0 Å². The fraction of sp³-hybridized carbons (Fsp3) is 0.446. The lowest BCUT2D eigenvalue weighted by Gasteiger charge is -2.40. The number of aliphatic hydroxyl groups excluding tert-OH is 1. The largest absolute Gasteiger partial charge is 0.445 e. The molecule has 78 heavy (non-hydrogen) atoms. The zero-order valence-electron chi connectivity index (χ0n) is 45.0. The van der Waals surface area contributed by atoms with E-state index < -0.39 is 71.1 Å². The number of aromatic nitrogens is 2. The SMILES string of the molecule is CC(O)C(=O)N(CCCNC(=O)OCc1ccc(NC(=O)C(CCCNC(N)=O)NC(=O)C(NC(=O)CCCCCN2C(=O)C=CC2=O)C(C)C)cc1)C(c1nc(-c2cc(F)ccc2F)cn1Cc1ccccc1)C(C)(C)C. The van der Waals surface area contributed by atoms with Crippen LogP contribution in [0.25, 0.3) is 11.3 Å². The average Bonchev–Trinajstić information content (AvgIpc) is 3.96. The molecule has 5 rings (SSSR count). The standard InChI is InChI=1S/C56H72F2N10O10/c1-35(2)48(65-45(70)18-11-8-12-29-67-46(71)25-26-47(67)72)52(74)64-43(17-13-27-60-54(59)76)51(73)62-40-22-19-38(20-23-40)34-78-55(77)61-28-14-30-68(53(75)36(3)69)49(56(4,5)6)50-63-44(41-31-39(57)21-24-42(41)58)33-66(50)32-37-15-9-7-10-16-37/h7,9-10,15-16,19-26,31,33,35-36,43,48-49,69H,8,11-14,17-18,27-30,32,34H2,1-6H3,(H,61,77)(H,62,73)(H,64,74)(H,65,70)(H3,59,60,76). The molecule has 3 aromatic carbocycles. The number of imidazole rings is 1. The van der Waals surface area contributed by atoms with Gasteiger partial charge in [-0.3, -0.25) is 33.7 Å². The number of amides is 9. The zero-order chi connectivity index (χ0) is 57.1. The second kappa shape index (κ2) is 28.9. The van der Waals surface area contributed by atoms with Crippen LogP contribution in [0.5, 0.6) is 0 Å². The summed E-state index contributed by atoms with van der Waals surface area (Å²) in [6, 6.07) is 15.3. The van der Waals surface area contributed by atoms with E-state index in [2.05, 4.69) is 26.6 Å². The number of nitrogens with two attached hydrogens (primary N) is 1. The van der Waals surface area contributed by atoms with Gasteiger partial charge in [0.1, 0.15) is 42.3 Å². The van der Waals surface area contributed by atoms with Crippen molar-refractivity contribution in [3.05, 3.63) is 120 Å². The van der Waals surface area contributed by atoms with E-state index in [9.17, 15) is 47.9 Å². The Hall–Kier alpha value is -8.01. The minimum Gasteiger partial charge on any atom is -0.445 e. The number of aliphatic hydroxyl groups is 1. The summed E-state index contributed by atoms with van der Waals surface area (Å²) in [4.78, 5) is 109. The molecule has 0 radical (unpaired) electrons. The van der Waals surface area contributed by atoms with Crippen molar-refractivity contribution in [3.8, 4) is 11.3 Å². The number of urea groups is 1. The molecule has 0 bridgehead atoms. The Bertz CT molecular complexity index is 2740. The third-order valence-corrected chi connectivity index (χ3v) is 12.7. The third-order valence-electron chi connectivity index (χ3n) is 12.7. The van der Waals surface area contributed by atoms with E-state index >= 15 is 4.39 Å². The Balaban J connectivity index is 1.16. The number of rotatable bonds is 28. The number of halogens is 2. The molecule has 0 saturated carbocycles. The highest BCUT2D eigenvalue weighted by Gasteiger charge is 2.39. The summed E-state index contributed by atoms with van der Waals surface area (Å²) in [6.45, 7) is 11.2. The minimum absolute atomic E-state index is 0.0544. The van der Waals surface area contributed by atoms with Crippen molar-refractivity contribution >= 4 is 53.3 Å². The molecule has 0 fully saturated rings. The first-order valence-electron chi connectivity index (χ1n) is 26.0. The quantitative estimate of drug-likeness (QED) is 0.0256. The smallest absolute Gasteiger partial charge is 0.407 e. The molecular formula is C56H72F2N10O10. The minimum atomic E-state index is -1.41. The van der Waals surface area contributed by atoms with E-state index in [1.807, 2.05) is 51.1 Å². The number of primary amides is 1. The molecule has 20 nitrogen and oxygen atoms in total. The predicted molar refractivity (Wildman–Crippen MR) is 286 cm³/mol. The van der Waals surface area contributed by atoms with Gasteiger partial charge in [-0.15, -0.1) is 0 Å². The Labute approximate surface area is 452 Å². The molecule has 420 valence electrons. The van der Waals surface area contributed by atoms with Gasteiger partial charge in [-0.2, -0.15) is 0 Å². The average molecular weight is 1080 g/mol. The Morgan fingerprint density at radius 2 is 1.49 bits per heavy atom. The second-order valence-electron chi connectivity index (χ2n) is 20.5. The van der Waals surface area contributed by atoms with Crippen LogP contribution in [0, 0.1) is 23.0 Å². The van der Waals surface area contributed by atoms with E-state index in [1.165, 1.54) is 24.0 Å². The van der Waals surface area contributed by atoms with Crippen LogP contribution in [0.3, 0.4) is 0 Å². The van der Waals surface area contributed by atoms with Crippen LogP contribution in [-0.4, -0.2) is 116 Å². The van der Waals surface area contributed by atoms with Gasteiger partial charge in [-0.25, -0.2) is 23.4 Å². The molecule has 1 aliphatic heterocycles. The van der Waals surface area contributed by atoms with Crippen LogP contribution in [-0.2, 0) is 46.7 Å². The fourth-order valence-corrected chi connectivity index (χ4v) is 8.75. The summed E-state index contributed by atoms with van der Waals surface area (Å²) < 4.78 is 36.8. The Kier molecular flexibility index (Phi) is 22.6. The highest BCUT2D eigenvalue weighted by atomic mass is 19.1. The van der Waals surface area contributed by atoms with Gasteiger partial charge in [-0.05, 0) is 91.8 Å². The molecule has 8 N–H and O–H groups in total. The van der Waals surface area contributed by atoms with Crippen molar-refractivity contribution in [1.29, 1.82) is 0 Å². The lowest BCUT2D eigenvalue weighted by molar-refractivity contribution is -0.145. The molecule has 1 aromatic heterocycles. The Morgan fingerprint density at radius 3 is 2.13 bits per heavy atom. The highest BCUT2D eigenvalue weighted by Crippen LogP contribution is 2.40.